The highest BCUT2D eigenvalue weighted by Crippen LogP contribution is 2.32. The predicted octanol–water partition coefficient (Wildman–Crippen LogP) is 2.87. The number of ether oxygens (including phenoxy) is 1. The fraction of sp³-hybridized carbons (Fsp3) is 0.143. The van der Waals surface area contributed by atoms with Crippen molar-refractivity contribution in [1.29, 1.82) is 0 Å². The lowest BCUT2D eigenvalue weighted by molar-refractivity contribution is 0.0996. The van der Waals surface area contributed by atoms with Crippen LogP contribution >= 0.6 is 0 Å². The first-order valence-corrected chi connectivity index (χ1v) is 8.86. The second-order valence-corrected chi connectivity index (χ2v) is 6.61. The summed E-state index contributed by atoms with van der Waals surface area (Å²) in [6.07, 6.45) is 5.31. The molecule has 7 nitrogen and oxygen atoms in total. The standard InChI is InChI=1S/C21H18FN5O2/c1-27-11-14(10-25-27)16-9-17(20(23)28)26-19-15(16)6-5-12(18(19)22)8-13-4-3-7-24-21(13)29-2/h3-7,9-11H,8H2,1-2H3,(H2,23,28). The van der Waals surface area contributed by atoms with Gasteiger partial charge in [-0.2, -0.15) is 5.10 Å². The van der Waals surface area contributed by atoms with E-state index in [0.29, 0.717) is 22.4 Å². The average Bonchev–Trinajstić information content (AvgIpc) is 3.16. The van der Waals surface area contributed by atoms with Crippen LogP contribution in [0.15, 0.2) is 48.9 Å². The van der Waals surface area contributed by atoms with Crippen molar-refractivity contribution in [3.63, 3.8) is 0 Å². The summed E-state index contributed by atoms with van der Waals surface area (Å²) in [5.41, 5.74) is 8.05. The van der Waals surface area contributed by atoms with Crippen LogP contribution < -0.4 is 10.5 Å². The van der Waals surface area contributed by atoms with Gasteiger partial charge in [0.25, 0.3) is 5.91 Å². The van der Waals surface area contributed by atoms with Crippen molar-refractivity contribution in [2.24, 2.45) is 12.8 Å². The summed E-state index contributed by atoms with van der Waals surface area (Å²) in [4.78, 5) is 20.1. The molecule has 0 aliphatic carbocycles. The van der Waals surface area contributed by atoms with Crippen LogP contribution in [0.5, 0.6) is 5.88 Å². The summed E-state index contributed by atoms with van der Waals surface area (Å²) >= 11 is 0. The number of carbonyl (C=O) groups excluding carboxylic acids is 1. The number of carbonyl (C=O) groups is 1. The van der Waals surface area contributed by atoms with E-state index in [0.717, 1.165) is 11.1 Å². The quantitative estimate of drug-likeness (QED) is 0.564. The van der Waals surface area contributed by atoms with Gasteiger partial charge in [-0.15, -0.1) is 0 Å². The minimum Gasteiger partial charge on any atom is -0.481 e. The topological polar surface area (TPSA) is 95.9 Å². The normalized spacial score (nSPS) is 11.0. The molecule has 0 aliphatic rings. The highest BCUT2D eigenvalue weighted by molar-refractivity contribution is 6.01. The summed E-state index contributed by atoms with van der Waals surface area (Å²) in [7, 11) is 3.30. The van der Waals surface area contributed by atoms with Crippen molar-refractivity contribution in [3.05, 3.63) is 71.6 Å². The van der Waals surface area contributed by atoms with E-state index in [2.05, 4.69) is 15.1 Å². The van der Waals surface area contributed by atoms with Gasteiger partial charge in [0.2, 0.25) is 5.88 Å². The Morgan fingerprint density at radius 3 is 2.79 bits per heavy atom. The van der Waals surface area contributed by atoms with Crippen LogP contribution in [0.3, 0.4) is 0 Å². The Kier molecular flexibility index (Phi) is 4.67. The molecule has 0 atom stereocenters. The van der Waals surface area contributed by atoms with Crippen LogP contribution in [0.25, 0.3) is 22.0 Å². The van der Waals surface area contributed by atoms with Gasteiger partial charge in [0.15, 0.2) is 5.82 Å². The van der Waals surface area contributed by atoms with Crippen molar-refractivity contribution < 1.29 is 13.9 Å². The first-order chi connectivity index (χ1) is 14.0. The number of halogens is 1. The third-order valence-electron chi connectivity index (χ3n) is 4.69. The lowest BCUT2D eigenvalue weighted by Gasteiger charge is -2.12. The molecule has 0 fully saturated rings. The number of amides is 1. The Balaban J connectivity index is 1.90. The third kappa shape index (κ3) is 3.40. The molecule has 2 N–H and O–H groups in total. The summed E-state index contributed by atoms with van der Waals surface area (Å²) in [6.45, 7) is 0. The second kappa shape index (κ2) is 7.31. The number of primary amides is 1. The highest BCUT2D eigenvalue weighted by atomic mass is 19.1. The van der Waals surface area contributed by atoms with E-state index in [1.165, 1.54) is 7.11 Å². The monoisotopic (exact) mass is 391 g/mol. The molecule has 0 unspecified atom stereocenters. The van der Waals surface area contributed by atoms with Crippen LogP contribution in [0, 0.1) is 5.82 Å². The summed E-state index contributed by atoms with van der Waals surface area (Å²) in [5, 5.41) is 4.73. The van der Waals surface area contributed by atoms with E-state index in [-0.39, 0.29) is 17.6 Å². The van der Waals surface area contributed by atoms with E-state index >= 15 is 4.39 Å². The molecule has 0 saturated carbocycles. The van der Waals surface area contributed by atoms with Crippen molar-refractivity contribution >= 4 is 16.8 Å². The van der Waals surface area contributed by atoms with Crippen LogP contribution in [-0.2, 0) is 13.5 Å². The van der Waals surface area contributed by atoms with Gasteiger partial charge in [-0.25, -0.2) is 14.4 Å². The molecule has 4 aromatic rings. The number of aryl methyl sites for hydroxylation is 1. The molecule has 29 heavy (non-hydrogen) atoms. The first kappa shape index (κ1) is 18.5. The number of hydrogen-bond acceptors (Lipinski definition) is 5. The molecule has 146 valence electrons. The van der Waals surface area contributed by atoms with Crippen LogP contribution in [0.2, 0.25) is 0 Å². The van der Waals surface area contributed by atoms with Crippen LogP contribution in [0.1, 0.15) is 21.6 Å². The first-order valence-electron chi connectivity index (χ1n) is 8.86. The van der Waals surface area contributed by atoms with E-state index < -0.39 is 11.7 Å². The van der Waals surface area contributed by atoms with Crippen molar-refractivity contribution in [2.75, 3.05) is 7.11 Å². The third-order valence-corrected chi connectivity index (χ3v) is 4.69. The zero-order chi connectivity index (χ0) is 20.5. The smallest absolute Gasteiger partial charge is 0.267 e. The molecule has 0 aliphatic heterocycles. The fourth-order valence-electron chi connectivity index (χ4n) is 3.31. The van der Waals surface area contributed by atoms with E-state index in [4.69, 9.17) is 10.5 Å². The number of nitrogens with two attached hydrogens (primary N) is 1. The van der Waals surface area contributed by atoms with E-state index in [1.807, 2.05) is 6.07 Å². The molecule has 3 heterocycles. The lowest BCUT2D eigenvalue weighted by atomic mass is 9.98. The maximum atomic E-state index is 15.4. The molecule has 3 aromatic heterocycles. The molecule has 4 rings (SSSR count). The molecule has 8 heteroatoms. The van der Waals surface area contributed by atoms with Crippen LogP contribution in [-0.4, -0.2) is 32.8 Å². The fourth-order valence-corrected chi connectivity index (χ4v) is 3.31. The highest BCUT2D eigenvalue weighted by Gasteiger charge is 2.18. The molecule has 1 amide bonds. The number of benzene rings is 1. The van der Waals surface area contributed by atoms with Crippen LogP contribution in [0.4, 0.5) is 4.39 Å². The minimum absolute atomic E-state index is 0.00800. The van der Waals surface area contributed by atoms with Gasteiger partial charge in [-0.05, 0) is 23.3 Å². The predicted molar refractivity (Wildman–Crippen MR) is 106 cm³/mol. The lowest BCUT2D eigenvalue weighted by Crippen LogP contribution is -2.13. The SMILES string of the molecule is COc1ncccc1Cc1ccc2c(-c3cnn(C)c3)cc(C(N)=O)nc2c1F. The zero-order valence-corrected chi connectivity index (χ0v) is 15.9. The van der Waals surface area contributed by atoms with Gasteiger partial charge in [0, 0.05) is 42.4 Å². The van der Waals surface area contributed by atoms with Crippen molar-refractivity contribution in [1.82, 2.24) is 19.7 Å². The summed E-state index contributed by atoms with van der Waals surface area (Å²) in [5.74, 6) is -0.806. The van der Waals surface area contributed by atoms with Gasteiger partial charge in [-0.1, -0.05) is 18.2 Å². The molecule has 0 radical (unpaired) electrons. The molecule has 0 bridgehead atoms. The Hall–Kier alpha value is -3.81. The summed E-state index contributed by atoms with van der Waals surface area (Å²) < 4.78 is 22.3. The van der Waals surface area contributed by atoms with Gasteiger partial charge in [0.1, 0.15) is 11.2 Å². The summed E-state index contributed by atoms with van der Waals surface area (Å²) in [6, 6.07) is 8.64. The van der Waals surface area contributed by atoms with Gasteiger partial charge >= 0.3 is 0 Å². The number of rotatable bonds is 5. The number of pyridine rings is 2. The number of hydrogen-bond donors (Lipinski definition) is 1. The number of methoxy groups -OCH3 is 1. The largest absolute Gasteiger partial charge is 0.481 e. The number of nitrogens with zero attached hydrogens (tertiary/aromatic N) is 4. The Labute approximate surface area is 166 Å². The Bertz CT molecular complexity index is 1240. The van der Waals surface area contributed by atoms with Crippen molar-refractivity contribution in [3.8, 4) is 17.0 Å². The molecular formula is C21H18FN5O2. The van der Waals surface area contributed by atoms with Crippen molar-refractivity contribution in [2.45, 2.75) is 6.42 Å². The molecule has 0 spiro atoms. The number of aromatic nitrogens is 4. The van der Waals surface area contributed by atoms with Gasteiger partial charge in [-0.3, -0.25) is 9.48 Å². The maximum absolute atomic E-state index is 15.4. The Morgan fingerprint density at radius 2 is 2.10 bits per heavy atom. The zero-order valence-electron chi connectivity index (χ0n) is 15.9. The van der Waals surface area contributed by atoms with E-state index in [1.54, 1.807) is 54.6 Å². The maximum Gasteiger partial charge on any atom is 0.267 e. The van der Waals surface area contributed by atoms with Gasteiger partial charge in [0.05, 0.1) is 13.3 Å². The minimum atomic E-state index is -0.726. The van der Waals surface area contributed by atoms with E-state index in [9.17, 15) is 4.79 Å². The van der Waals surface area contributed by atoms with Gasteiger partial charge < -0.3 is 10.5 Å². The molecular weight excluding hydrogens is 373 g/mol. The Morgan fingerprint density at radius 1 is 1.28 bits per heavy atom. The number of fused-ring (bicyclic) bond motifs is 1. The molecule has 0 saturated heterocycles. The average molecular weight is 391 g/mol. The second-order valence-electron chi connectivity index (χ2n) is 6.61. The molecule has 1 aromatic carbocycles.